The van der Waals surface area contributed by atoms with Crippen LogP contribution in [0.2, 0.25) is 0 Å². The number of rotatable bonds is 0. The highest BCUT2D eigenvalue weighted by atomic mass is 32.7. The third-order valence-corrected chi connectivity index (χ3v) is 0. The summed E-state index contributed by atoms with van der Waals surface area (Å²) >= 11 is 8.47. The lowest BCUT2D eigenvalue weighted by Gasteiger charge is -1.82. The molecule has 0 rings (SSSR count). The lowest BCUT2D eigenvalue weighted by molar-refractivity contribution is 0.275. The molecule has 0 aromatic carbocycles. The van der Waals surface area contributed by atoms with Crippen LogP contribution in [0.3, 0.4) is 0 Å². The van der Waals surface area contributed by atoms with Crippen molar-refractivity contribution in [3.8, 4) is 0 Å². The summed E-state index contributed by atoms with van der Waals surface area (Å²) in [5.74, 6) is 0. The van der Waals surface area contributed by atoms with Crippen molar-refractivity contribution in [3.63, 3.8) is 0 Å². The van der Waals surface area contributed by atoms with Gasteiger partial charge in [-0.05, 0) is 6.13 Å². The van der Waals surface area contributed by atoms with Gasteiger partial charge in [0.15, 0.2) is 0 Å². The fraction of sp³-hybridized carbons (Fsp3) is 0. The summed E-state index contributed by atoms with van der Waals surface area (Å²) in [6.45, 7) is 0. The van der Waals surface area contributed by atoms with E-state index in [0.717, 1.165) is 0 Å². The second-order valence-corrected chi connectivity index (χ2v) is 3.79. The van der Waals surface area contributed by atoms with Gasteiger partial charge >= 0.3 is 7.82 Å². The third-order valence-electron chi connectivity index (χ3n) is 0. The highest BCUT2D eigenvalue weighted by molar-refractivity contribution is 8.17. The van der Waals surface area contributed by atoms with Gasteiger partial charge in [-0.1, -0.05) is 23.6 Å². The molecule has 0 fully saturated rings. The van der Waals surface area contributed by atoms with Gasteiger partial charge in [-0.25, -0.2) is 4.57 Å². The molecule has 0 radical (unpaired) electrons. The van der Waals surface area contributed by atoms with E-state index in [-0.39, 0.29) is 33.1 Å². The lowest BCUT2D eigenvalue weighted by atomic mass is 15.8. The lowest BCUT2D eigenvalue weighted by Crippen LogP contribution is -1.66. The number of hydrogen-bond donors (Lipinski definition) is 3. The van der Waals surface area contributed by atoms with Gasteiger partial charge < -0.3 is 14.7 Å². The predicted octanol–water partition coefficient (Wildman–Crippen LogP) is -0.114. The largest absolute Gasteiger partial charge is 0.466 e. The monoisotopic (exact) mass is 262 g/mol. The van der Waals surface area contributed by atoms with Crippen LogP contribution in [0.5, 0.6) is 0 Å². The molecular weight excluding hydrogens is 254 g/mol. The summed E-state index contributed by atoms with van der Waals surface area (Å²) in [5.41, 5.74) is 0. The Morgan fingerprint density at radius 3 is 1.10 bits per heavy atom. The van der Waals surface area contributed by atoms with Gasteiger partial charge in [0, 0.05) is 0 Å². The molecule has 0 heterocycles. The van der Waals surface area contributed by atoms with Gasteiger partial charge in [0.25, 0.3) is 0 Å². The molecule has 0 aromatic heterocycles. The van der Waals surface area contributed by atoms with Gasteiger partial charge in [-0.3, -0.25) is 0 Å². The normalized spacial score (nSPS) is 7.10. The molecule has 10 heavy (non-hydrogen) atoms. The smallest absolute Gasteiger partial charge is 0.303 e. The summed E-state index contributed by atoms with van der Waals surface area (Å²) < 4.78 is 8.88. The van der Waals surface area contributed by atoms with Crippen molar-refractivity contribution in [3.05, 3.63) is 0 Å². The first-order chi connectivity index (χ1) is 3.41. The van der Waals surface area contributed by atoms with Crippen LogP contribution in [-0.4, -0.2) is 14.7 Å². The minimum absolute atomic E-state index is 0. The molecule has 0 aliphatic heterocycles. The molecule has 4 nitrogen and oxygen atoms in total. The Morgan fingerprint density at radius 2 is 1.10 bits per heavy atom. The summed E-state index contributed by atoms with van der Waals surface area (Å²) in [6, 6.07) is 0. The Hall–Kier alpha value is 1.55. The summed E-state index contributed by atoms with van der Waals surface area (Å²) in [4.78, 5) is 21.6. The number of phosphoric acid groups is 1. The molecule has 0 saturated heterocycles. The summed E-state index contributed by atoms with van der Waals surface area (Å²) in [5, 5.41) is 0. The van der Waals surface area contributed by atoms with Crippen molar-refractivity contribution < 1.29 is 19.2 Å². The van der Waals surface area contributed by atoms with E-state index in [0.29, 0.717) is 0 Å². The number of hydrogen-bond acceptors (Lipinski definition) is 3. The topological polar surface area (TPSA) is 77.8 Å². The molecule has 3 N–H and O–H groups in total. The molecule has 0 atom stereocenters. The van der Waals surface area contributed by atoms with Crippen LogP contribution in [-0.2, 0) is 28.2 Å². The van der Waals surface area contributed by atoms with Crippen molar-refractivity contribution in [2.24, 2.45) is 0 Å². The third kappa shape index (κ3) is 291. The Balaban J connectivity index is -0.0000000326. The molecule has 66 valence electrons. The minimum atomic E-state index is -4.64. The van der Waals surface area contributed by atoms with E-state index < -0.39 is 7.82 Å². The molecule has 0 aliphatic carbocycles. The molecular formula is H8O4P2S4. The fourth-order valence-corrected chi connectivity index (χ4v) is 0. The van der Waals surface area contributed by atoms with E-state index in [2.05, 4.69) is 23.6 Å². The highest BCUT2D eigenvalue weighted by Crippen LogP contribution is 2.25. The van der Waals surface area contributed by atoms with Gasteiger partial charge in [0.05, 0.1) is 0 Å². The molecule has 0 bridgehead atoms. The molecule has 0 saturated carbocycles. The average molecular weight is 262 g/mol. The van der Waals surface area contributed by atoms with Gasteiger partial charge in [0.2, 0.25) is 0 Å². The second kappa shape index (κ2) is 13.2. The van der Waals surface area contributed by atoms with Crippen LogP contribution in [0, 0.1) is 0 Å². The predicted molar refractivity (Wildman–Crippen MR) is 58.1 cm³/mol. The van der Waals surface area contributed by atoms with E-state index >= 15 is 0 Å². The van der Waals surface area contributed by atoms with Crippen molar-refractivity contribution in [2.45, 2.75) is 0 Å². The molecule has 0 aromatic rings. The highest BCUT2D eigenvalue weighted by Gasteiger charge is 2.00. The SMILES string of the molecule is O=P(O)(O)O.S.S.S=[PH]=S. The first-order valence-electron chi connectivity index (χ1n) is 1.19. The summed E-state index contributed by atoms with van der Waals surface area (Å²) in [7, 11) is -4.64. The Labute approximate surface area is 83.7 Å². The van der Waals surface area contributed by atoms with E-state index in [9.17, 15) is 0 Å². The molecule has 10 heteroatoms. The van der Waals surface area contributed by atoms with Crippen LogP contribution in [0.25, 0.3) is 0 Å². The first-order valence-corrected chi connectivity index (χ1v) is 6.02. The van der Waals surface area contributed by atoms with Gasteiger partial charge in [-0.15, -0.1) is 0 Å². The summed E-state index contributed by atoms with van der Waals surface area (Å²) in [6.07, 6.45) is 0.250. The standard InChI is InChI=1S/H3O4P.HPS2.2H2S/c1-5(2,3)4;2-1-3;;/h(H3,1,2,3,4);1H;2*1H2. The maximum Gasteiger partial charge on any atom is 0.466 e. The zero-order chi connectivity index (χ0) is 7.21. The van der Waals surface area contributed by atoms with E-state index in [1.54, 1.807) is 0 Å². The molecule has 0 aliphatic rings. The van der Waals surface area contributed by atoms with Crippen molar-refractivity contribution >= 4 is 64.6 Å². The van der Waals surface area contributed by atoms with E-state index in [4.69, 9.17) is 19.2 Å². The van der Waals surface area contributed by atoms with Gasteiger partial charge in [0.1, 0.15) is 0 Å². The fourth-order valence-electron chi connectivity index (χ4n) is 0. The Kier molecular flexibility index (Phi) is 29.7. The molecule has 0 spiro atoms. The van der Waals surface area contributed by atoms with Crippen molar-refractivity contribution in [1.82, 2.24) is 0 Å². The van der Waals surface area contributed by atoms with Crippen LogP contribution in [0.1, 0.15) is 0 Å². The van der Waals surface area contributed by atoms with Gasteiger partial charge in [-0.2, -0.15) is 27.0 Å². The maximum absolute atomic E-state index is 8.88. The Bertz CT molecular complexity index is 113. The van der Waals surface area contributed by atoms with Crippen molar-refractivity contribution in [2.75, 3.05) is 0 Å². The molecule has 0 unspecified atom stereocenters. The van der Waals surface area contributed by atoms with Crippen LogP contribution in [0.4, 0.5) is 0 Å². The molecule has 0 amide bonds. The van der Waals surface area contributed by atoms with Crippen LogP contribution >= 0.6 is 40.9 Å². The van der Waals surface area contributed by atoms with Crippen molar-refractivity contribution in [1.29, 1.82) is 0 Å². The maximum atomic E-state index is 8.88. The quantitative estimate of drug-likeness (QED) is 0.529. The minimum Gasteiger partial charge on any atom is -0.303 e. The zero-order valence-corrected chi connectivity index (χ0v) is 10.0. The Morgan fingerprint density at radius 1 is 1.10 bits per heavy atom. The van der Waals surface area contributed by atoms with E-state index in [1.807, 2.05) is 0 Å². The first kappa shape index (κ1) is 22.6. The van der Waals surface area contributed by atoms with Crippen LogP contribution < -0.4 is 0 Å². The average Bonchev–Trinajstić information content (AvgIpc) is 1.27. The van der Waals surface area contributed by atoms with Crippen LogP contribution in [0.15, 0.2) is 0 Å². The zero-order valence-electron chi connectivity index (χ0n) is 4.51. The van der Waals surface area contributed by atoms with E-state index in [1.165, 1.54) is 0 Å². The second-order valence-electron chi connectivity index (χ2n) is 0.597.